The van der Waals surface area contributed by atoms with Crippen molar-refractivity contribution in [3.8, 4) is 17.0 Å². The predicted octanol–water partition coefficient (Wildman–Crippen LogP) is 5.85. The minimum atomic E-state index is 0.515. The lowest BCUT2D eigenvalue weighted by Crippen LogP contribution is -1.98. The van der Waals surface area contributed by atoms with Crippen LogP contribution in [0.15, 0.2) is 75.8 Å². The van der Waals surface area contributed by atoms with Gasteiger partial charge in [0.1, 0.15) is 12.4 Å². The number of halogens is 2. The highest BCUT2D eigenvalue weighted by molar-refractivity contribution is 9.11. The molecular formula is C18H13Br2NO. The normalized spacial score (nSPS) is 10.5. The molecule has 2 nitrogen and oxygen atoms in total. The Balaban J connectivity index is 1.96. The molecule has 0 aliphatic carbocycles. The van der Waals surface area contributed by atoms with Gasteiger partial charge < -0.3 is 4.74 Å². The Hall–Kier alpha value is -1.65. The average Bonchev–Trinajstić information content (AvgIpc) is 2.55. The van der Waals surface area contributed by atoms with Crippen molar-refractivity contribution >= 4 is 31.9 Å². The molecule has 1 heterocycles. The van der Waals surface area contributed by atoms with Crippen LogP contribution in [0.4, 0.5) is 0 Å². The Bertz CT molecular complexity index is 761. The minimum absolute atomic E-state index is 0.515. The minimum Gasteiger partial charge on any atom is -0.487 e. The van der Waals surface area contributed by atoms with Crippen LogP contribution in [0.25, 0.3) is 11.3 Å². The molecule has 0 spiro atoms. The number of hydrogen-bond donors (Lipinski definition) is 0. The third-order valence-electron chi connectivity index (χ3n) is 3.18. The van der Waals surface area contributed by atoms with Gasteiger partial charge in [-0.3, -0.25) is 4.98 Å². The van der Waals surface area contributed by atoms with Gasteiger partial charge in [-0.15, -0.1) is 0 Å². The van der Waals surface area contributed by atoms with E-state index in [0.29, 0.717) is 6.61 Å². The quantitative estimate of drug-likeness (QED) is 0.529. The van der Waals surface area contributed by atoms with Crippen molar-refractivity contribution in [2.45, 2.75) is 6.61 Å². The molecule has 2 aromatic carbocycles. The van der Waals surface area contributed by atoms with Crippen LogP contribution in [0.5, 0.6) is 5.75 Å². The van der Waals surface area contributed by atoms with Gasteiger partial charge in [0, 0.05) is 16.2 Å². The third-order valence-corrected chi connectivity index (χ3v) is 4.22. The highest BCUT2D eigenvalue weighted by atomic mass is 79.9. The fourth-order valence-electron chi connectivity index (χ4n) is 2.15. The lowest BCUT2D eigenvalue weighted by atomic mass is 10.1. The van der Waals surface area contributed by atoms with E-state index in [1.165, 1.54) is 0 Å². The summed E-state index contributed by atoms with van der Waals surface area (Å²) in [6, 6.07) is 20.0. The van der Waals surface area contributed by atoms with Crippen LogP contribution in [0.3, 0.4) is 0 Å². The van der Waals surface area contributed by atoms with Gasteiger partial charge in [0.25, 0.3) is 0 Å². The largest absolute Gasteiger partial charge is 0.487 e. The molecule has 1 aromatic heterocycles. The number of rotatable bonds is 4. The SMILES string of the molecule is Brc1cc(Br)c(OCc2ccccc2)c(-c2ccccn2)c1. The Morgan fingerprint density at radius 3 is 2.41 bits per heavy atom. The molecule has 0 bridgehead atoms. The van der Waals surface area contributed by atoms with Gasteiger partial charge in [0.15, 0.2) is 0 Å². The van der Waals surface area contributed by atoms with Crippen LogP contribution >= 0.6 is 31.9 Å². The zero-order chi connectivity index (χ0) is 15.4. The molecule has 110 valence electrons. The second-order valence-corrected chi connectivity index (χ2v) is 6.52. The van der Waals surface area contributed by atoms with E-state index in [-0.39, 0.29) is 0 Å². The maximum Gasteiger partial charge on any atom is 0.143 e. The van der Waals surface area contributed by atoms with Crippen molar-refractivity contribution < 1.29 is 4.74 Å². The predicted molar refractivity (Wildman–Crippen MR) is 95.8 cm³/mol. The van der Waals surface area contributed by atoms with Crippen LogP contribution < -0.4 is 4.74 Å². The Morgan fingerprint density at radius 2 is 1.68 bits per heavy atom. The second-order valence-electron chi connectivity index (χ2n) is 4.75. The van der Waals surface area contributed by atoms with Gasteiger partial charge in [-0.1, -0.05) is 52.3 Å². The van der Waals surface area contributed by atoms with Crippen LogP contribution in [0.2, 0.25) is 0 Å². The van der Waals surface area contributed by atoms with E-state index in [1.807, 2.05) is 60.7 Å². The average molecular weight is 419 g/mol. The van der Waals surface area contributed by atoms with Gasteiger partial charge in [-0.2, -0.15) is 0 Å². The fraction of sp³-hybridized carbons (Fsp3) is 0.0556. The molecule has 0 saturated heterocycles. The van der Waals surface area contributed by atoms with Gasteiger partial charge in [0.05, 0.1) is 10.2 Å². The highest BCUT2D eigenvalue weighted by Crippen LogP contribution is 2.38. The van der Waals surface area contributed by atoms with E-state index in [0.717, 1.165) is 31.5 Å². The summed E-state index contributed by atoms with van der Waals surface area (Å²) in [7, 11) is 0. The first-order chi connectivity index (χ1) is 10.7. The van der Waals surface area contributed by atoms with Crippen LogP contribution in [0.1, 0.15) is 5.56 Å². The molecule has 22 heavy (non-hydrogen) atoms. The maximum atomic E-state index is 6.06. The molecule has 0 atom stereocenters. The maximum absolute atomic E-state index is 6.06. The summed E-state index contributed by atoms with van der Waals surface area (Å²) in [5.41, 5.74) is 2.97. The summed E-state index contributed by atoms with van der Waals surface area (Å²) in [5, 5.41) is 0. The number of pyridine rings is 1. The van der Waals surface area contributed by atoms with Gasteiger partial charge in [-0.25, -0.2) is 0 Å². The molecule has 4 heteroatoms. The monoisotopic (exact) mass is 417 g/mol. The van der Waals surface area contributed by atoms with Crippen molar-refractivity contribution in [1.82, 2.24) is 4.98 Å². The molecule has 0 fully saturated rings. The van der Waals surface area contributed by atoms with E-state index < -0.39 is 0 Å². The zero-order valence-electron chi connectivity index (χ0n) is 11.7. The van der Waals surface area contributed by atoms with Gasteiger partial charge >= 0.3 is 0 Å². The molecule has 0 aliphatic heterocycles. The number of aromatic nitrogens is 1. The van der Waals surface area contributed by atoms with E-state index in [2.05, 4.69) is 36.8 Å². The topological polar surface area (TPSA) is 22.1 Å². The smallest absolute Gasteiger partial charge is 0.143 e. The van der Waals surface area contributed by atoms with Crippen LogP contribution in [0, 0.1) is 0 Å². The Kier molecular flexibility index (Phi) is 4.90. The Labute approximate surface area is 146 Å². The molecule has 0 radical (unpaired) electrons. The van der Waals surface area contributed by atoms with Crippen molar-refractivity contribution in [1.29, 1.82) is 0 Å². The standard InChI is InChI=1S/C18H13Br2NO/c19-14-10-15(17-8-4-5-9-21-17)18(16(20)11-14)22-12-13-6-2-1-3-7-13/h1-11H,12H2. The van der Waals surface area contributed by atoms with E-state index in [9.17, 15) is 0 Å². The summed E-state index contributed by atoms with van der Waals surface area (Å²) in [6.07, 6.45) is 1.78. The van der Waals surface area contributed by atoms with E-state index in [4.69, 9.17) is 4.74 Å². The fourth-order valence-corrected chi connectivity index (χ4v) is 3.49. The Morgan fingerprint density at radius 1 is 0.909 bits per heavy atom. The van der Waals surface area contributed by atoms with Crippen LogP contribution in [-0.2, 0) is 6.61 Å². The lowest BCUT2D eigenvalue weighted by Gasteiger charge is -2.14. The molecule has 0 N–H and O–H groups in total. The molecule has 0 aliphatic rings. The van der Waals surface area contributed by atoms with E-state index >= 15 is 0 Å². The number of ether oxygens (including phenoxy) is 1. The second kappa shape index (κ2) is 7.07. The number of hydrogen-bond acceptors (Lipinski definition) is 2. The van der Waals surface area contributed by atoms with E-state index in [1.54, 1.807) is 6.20 Å². The molecular weight excluding hydrogens is 406 g/mol. The number of benzene rings is 2. The van der Waals surface area contributed by atoms with Crippen molar-refractivity contribution in [3.63, 3.8) is 0 Å². The van der Waals surface area contributed by atoms with Gasteiger partial charge in [0.2, 0.25) is 0 Å². The molecule has 0 unspecified atom stereocenters. The van der Waals surface area contributed by atoms with Crippen LogP contribution in [-0.4, -0.2) is 4.98 Å². The molecule has 0 amide bonds. The first-order valence-corrected chi connectivity index (χ1v) is 8.40. The molecule has 3 rings (SSSR count). The van der Waals surface area contributed by atoms with Crippen molar-refractivity contribution in [3.05, 3.63) is 81.4 Å². The first kappa shape index (κ1) is 15.3. The summed E-state index contributed by atoms with van der Waals surface area (Å²) >= 11 is 7.11. The van der Waals surface area contributed by atoms with Crippen molar-refractivity contribution in [2.75, 3.05) is 0 Å². The van der Waals surface area contributed by atoms with Crippen molar-refractivity contribution in [2.24, 2.45) is 0 Å². The molecule has 3 aromatic rings. The third kappa shape index (κ3) is 3.57. The summed E-state index contributed by atoms with van der Waals surface area (Å²) < 4.78 is 7.94. The summed E-state index contributed by atoms with van der Waals surface area (Å²) in [6.45, 7) is 0.515. The van der Waals surface area contributed by atoms with Gasteiger partial charge in [-0.05, 0) is 45.8 Å². The molecule has 0 saturated carbocycles. The number of nitrogens with zero attached hydrogens (tertiary/aromatic N) is 1. The highest BCUT2D eigenvalue weighted by Gasteiger charge is 2.13. The summed E-state index contributed by atoms with van der Waals surface area (Å²) in [4.78, 5) is 4.43. The lowest BCUT2D eigenvalue weighted by molar-refractivity contribution is 0.305. The first-order valence-electron chi connectivity index (χ1n) is 6.81. The summed E-state index contributed by atoms with van der Waals surface area (Å²) in [5.74, 6) is 0.797. The zero-order valence-corrected chi connectivity index (χ0v) is 14.8.